The lowest BCUT2D eigenvalue weighted by Crippen LogP contribution is -2.26. The lowest BCUT2D eigenvalue weighted by Gasteiger charge is -2.09. The van der Waals surface area contributed by atoms with E-state index in [0.717, 1.165) is 5.82 Å². The number of nitrogens with one attached hydrogen (secondary N) is 3. The second-order valence-corrected chi connectivity index (χ2v) is 8.26. The summed E-state index contributed by atoms with van der Waals surface area (Å²) in [5.74, 6) is 0.531. The predicted molar refractivity (Wildman–Crippen MR) is 113 cm³/mol. The molecule has 0 fully saturated rings. The molecule has 152 valence electrons. The number of nitrogens with zero attached hydrogens (tertiary/aromatic N) is 2. The van der Waals surface area contributed by atoms with Gasteiger partial charge in [-0.2, -0.15) is 5.10 Å². The highest BCUT2D eigenvalue weighted by Gasteiger charge is 2.14. The number of H-pyrrole nitrogens is 1. The third-order valence-electron chi connectivity index (χ3n) is 4.24. The molecule has 1 heterocycles. The highest BCUT2D eigenvalue weighted by atomic mass is 32.2. The van der Waals surface area contributed by atoms with Crippen LogP contribution in [0.25, 0.3) is 0 Å². The summed E-state index contributed by atoms with van der Waals surface area (Å²) in [5, 5.41) is 9.72. The summed E-state index contributed by atoms with van der Waals surface area (Å²) >= 11 is 5.14. The molecule has 1 aromatic heterocycles. The fourth-order valence-electron chi connectivity index (χ4n) is 2.76. The Morgan fingerprint density at radius 2 is 1.83 bits per heavy atom. The van der Waals surface area contributed by atoms with Gasteiger partial charge < -0.3 is 9.88 Å². The maximum atomic E-state index is 12.3. The largest absolute Gasteiger partial charge is 0.352 e. The number of hydrogen-bond acceptors (Lipinski definition) is 5. The Morgan fingerprint density at radius 3 is 2.48 bits per heavy atom. The van der Waals surface area contributed by atoms with Crippen LogP contribution in [0.1, 0.15) is 23.1 Å². The minimum Gasteiger partial charge on any atom is -0.352 e. The number of aromatic nitrogens is 3. The molecule has 10 heteroatoms. The molecule has 2 aromatic carbocycles. The first kappa shape index (κ1) is 20.7. The van der Waals surface area contributed by atoms with E-state index in [9.17, 15) is 13.2 Å². The summed E-state index contributed by atoms with van der Waals surface area (Å²) in [7, 11) is -3.67. The van der Waals surface area contributed by atoms with Gasteiger partial charge in [-0.05, 0) is 55.5 Å². The molecule has 3 rings (SSSR count). The number of hydrogen-bond donors (Lipinski definition) is 3. The van der Waals surface area contributed by atoms with Crippen molar-refractivity contribution < 1.29 is 13.2 Å². The molecule has 0 atom stereocenters. The number of amides is 1. The average Bonchev–Trinajstić information content (AvgIpc) is 3.08. The Hall–Kier alpha value is -2.98. The SMILES string of the molecule is CCn1c(CCNC(=O)c2ccc(NS(=O)(=O)c3ccccc3)cc2)n[nH]c1=S. The Kier molecular flexibility index (Phi) is 6.45. The second-order valence-electron chi connectivity index (χ2n) is 6.19. The molecule has 3 aromatic rings. The van der Waals surface area contributed by atoms with Crippen LogP contribution in [-0.4, -0.2) is 35.6 Å². The van der Waals surface area contributed by atoms with Crippen molar-refractivity contribution in [2.45, 2.75) is 24.8 Å². The molecule has 0 aliphatic carbocycles. The van der Waals surface area contributed by atoms with Crippen LogP contribution in [0.5, 0.6) is 0 Å². The van der Waals surface area contributed by atoms with E-state index < -0.39 is 10.0 Å². The smallest absolute Gasteiger partial charge is 0.261 e. The van der Waals surface area contributed by atoms with Crippen molar-refractivity contribution >= 4 is 33.8 Å². The van der Waals surface area contributed by atoms with Crippen molar-refractivity contribution in [2.24, 2.45) is 0 Å². The summed E-state index contributed by atoms with van der Waals surface area (Å²) in [6.07, 6.45) is 0.543. The van der Waals surface area contributed by atoms with Crippen LogP contribution in [0, 0.1) is 4.77 Å². The zero-order valence-corrected chi connectivity index (χ0v) is 17.4. The summed E-state index contributed by atoms with van der Waals surface area (Å²) in [6.45, 7) is 3.08. The number of carbonyl (C=O) groups excluding carboxylic acids is 1. The normalized spacial score (nSPS) is 11.2. The summed E-state index contributed by atoms with van der Waals surface area (Å²) in [6, 6.07) is 14.3. The van der Waals surface area contributed by atoms with E-state index in [1.165, 1.54) is 12.1 Å². The number of anilines is 1. The molecule has 29 heavy (non-hydrogen) atoms. The molecular formula is C19H21N5O3S2. The molecule has 1 amide bonds. The zero-order chi connectivity index (χ0) is 20.9. The molecule has 0 saturated carbocycles. The van der Waals surface area contributed by atoms with E-state index in [1.54, 1.807) is 42.5 Å². The van der Waals surface area contributed by atoms with Gasteiger partial charge in [-0.3, -0.25) is 14.6 Å². The van der Waals surface area contributed by atoms with Crippen LogP contribution < -0.4 is 10.0 Å². The Balaban J connectivity index is 1.58. The molecule has 0 bridgehead atoms. The molecule has 0 radical (unpaired) electrons. The van der Waals surface area contributed by atoms with Gasteiger partial charge in [0.15, 0.2) is 4.77 Å². The lowest BCUT2D eigenvalue weighted by molar-refractivity contribution is 0.0954. The first-order chi connectivity index (χ1) is 13.9. The van der Waals surface area contributed by atoms with Crippen molar-refractivity contribution in [3.05, 3.63) is 70.8 Å². The molecule has 0 aliphatic heterocycles. The van der Waals surface area contributed by atoms with Crippen LogP contribution in [-0.2, 0) is 23.0 Å². The van der Waals surface area contributed by atoms with Gasteiger partial charge in [-0.25, -0.2) is 8.42 Å². The zero-order valence-electron chi connectivity index (χ0n) is 15.8. The molecular weight excluding hydrogens is 410 g/mol. The summed E-state index contributed by atoms with van der Waals surface area (Å²) in [4.78, 5) is 12.5. The first-order valence-corrected chi connectivity index (χ1v) is 10.9. The lowest BCUT2D eigenvalue weighted by atomic mass is 10.2. The van der Waals surface area contributed by atoms with E-state index in [-0.39, 0.29) is 10.8 Å². The van der Waals surface area contributed by atoms with Gasteiger partial charge in [-0.1, -0.05) is 18.2 Å². The van der Waals surface area contributed by atoms with Crippen molar-refractivity contribution in [1.29, 1.82) is 0 Å². The van der Waals surface area contributed by atoms with Crippen LogP contribution in [0.3, 0.4) is 0 Å². The van der Waals surface area contributed by atoms with Crippen molar-refractivity contribution in [2.75, 3.05) is 11.3 Å². The fourth-order valence-corrected chi connectivity index (χ4v) is 4.12. The number of benzene rings is 2. The molecule has 0 unspecified atom stereocenters. The van der Waals surface area contributed by atoms with Gasteiger partial charge >= 0.3 is 0 Å². The fraction of sp³-hybridized carbons (Fsp3) is 0.211. The average molecular weight is 432 g/mol. The standard InChI is InChI=1S/C19H21N5O3S2/c1-2-24-17(21-22-19(24)28)12-13-20-18(25)14-8-10-15(11-9-14)23-29(26,27)16-6-4-3-5-7-16/h3-11,23H,2,12-13H2,1H3,(H,20,25)(H,22,28). The van der Waals surface area contributed by atoms with Gasteiger partial charge in [0.25, 0.3) is 15.9 Å². The second kappa shape index (κ2) is 9.01. The van der Waals surface area contributed by atoms with Crippen LogP contribution in [0.2, 0.25) is 0 Å². The highest BCUT2D eigenvalue weighted by Crippen LogP contribution is 2.16. The molecule has 0 spiro atoms. The first-order valence-electron chi connectivity index (χ1n) is 9.01. The van der Waals surface area contributed by atoms with E-state index >= 15 is 0 Å². The van der Waals surface area contributed by atoms with E-state index in [2.05, 4.69) is 20.2 Å². The minimum atomic E-state index is -3.67. The summed E-state index contributed by atoms with van der Waals surface area (Å²) < 4.78 is 29.6. The third-order valence-corrected chi connectivity index (χ3v) is 5.95. The number of carbonyl (C=O) groups is 1. The van der Waals surface area contributed by atoms with E-state index in [0.29, 0.717) is 35.5 Å². The quantitative estimate of drug-likeness (QED) is 0.475. The predicted octanol–water partition coefficient (Wildman–Crippen LogP) is 2.73. The molecule has 8 nitrogen and oxygen atoms in total. The highest BCUT2D eigenvalue weighted by molar-refractivity contribution is 7.92. The number of sulfonamides is 1. The Morgan fingerprint density at radius 1 is 1.14 bits per heavy atom. The van der Waals surface area contributed by atoms with Crippen molar-refractivity contribution in [1.82, 2.24) is 20.1 Å². The van der Waals surface area contributed by atoms with Crippen LogP contribution in [0.4, 0.5) is 5.69 Å². The van der Waals surface area contributed by atoms with Gasteiger partial charge in [0.2, 0.25) is 0 Å². The van der Waals surface area contributed by atoms with Gasteiger partial charge in [0.05, 0.1) is 4.90 Å². The number of aromatic amines is 1. The topological polar surface area (TPSA) is 109 Å². The van der Waals surface area contributed by atoms with Crippen molar-refractivity contribution in [3.8, 4) is 0 Å². The maximum absolute atomic E-state index is 12.3. The third kappa shape index (κ3) is 5.09. The van der Waals surface area contributed by atoms with Gasteiger partial charge in [0.1, 0.15) is 5.82 Å². The maximum Gasteiger partial charge on any atom is 0.261 e. The van der Waals surface area contributed by atoms with E-state index in [4.69, 9.17) is 12.2 Å². The Bertz CT molecular complexity index is 1140. The minimum absolute atomic E-state index is 0.173. The molecule has 3 N–H and O–H groups in total. The monoisotopic (exact) mass is 431 g/mol. The van der Waals surface area contributed by atoms with Gasteiger partial charge in [0, 0.05) is 30.8 Å². The molecule has 0 aliphatic rings. The Labute approximate surface area is 174 Å². The van der Waals surface area contributed by atoms with Gasteiger partial charge in [-0.15, -0.1) is 0 Å². The van der Waals surface area contributed by atoms with Crippen LogP contribution >= 0.6 is 12.2 Å². The molecule has 0 saturated heterocycles. The number of rotatable bonds is 8. The summed E-state index contributed by atoms with van der Waals surface area (Å²) in [5.41, 5.74) is 0.811. The van der Waals surface area contributed by atoms with Crippen LogP contribution in [0.15, 0.2) is 59.5 Å². The van der Waals surface area contributed by atoms with E-state index in [1.807, 2.05) is 11.5 Å². The van der Waals surface area contributed by atoms with Crippen molar-refractivity contribution in [3.63, 3.8) is 0 Å².